The Hall–Kier alpha value is -3.12. The van der Waals surface area contributed by atoms with E-state index < -0.39 is 0 Å². The molecule has 0 spiro atoms. The standard InChI is InChI=1S/C27H24/c1-19-4-8-22(9-5-19)23-12-14-24(15-13-23)26-16-17-27(21(3)18-26)25-10-6-20(2)7-11-25/h4-18H,1-3H3. The van der Waals surface area contributed by atoms with Gasteiger partial charge in [-0.1, -0.05) is 102 Å². The second-order valence-corrected chi connectivity index (χ2v) is 7.34. The first-order valence-electron chi connectivity index (χ1n) is 9.45. The van der Waals surface area contributed by atoms with E-state index in [1.165, 1.54) is 50.1 Å². The van der Waals surface area contributed by atoms with E-state index in [4.69, 9.17) is 0 Å². The van der Waals surface area contributed by atoms with Crippen LogP contribution in [0, 0.1) is 20.8 Å². The molecule has 0 heteroatoms. The number of benzene rings is 4. The van der Waals surface area contributed by atoms with Gasteiger partial charge in [0.1, 0.15) is 0 Å². The minimum Gasteiger partial charge on any atom is -0.0587 e. The molecule has 0 amide bonds. The Balaban J connectivity index is 1.62. The van der Waals surface area contributed by atoms with Gasteiger partial charge < -0.3 is 0 Å². The summed E-state index contributed by atoms with van der Waals surface area (Å²) < 4.78 is 0. The van der Waals surface area contributed by atoms with Gasteiger partial charge in [-0.15, -0.1) is 0 Å². The van der Waals surface area contributed by atoms with Crippen molar-refractivity contribution in [2.45, 2.75) is 20.8 Å². The molecule has 4 rings (SSSR count). The molecule has 0 atom stereocenters. The Labute approximate surface area is 162 Å². The zero-order valence-electron chi connectivity index (χ0n) is 16.2. The molecule has 0 N–H and O–H groups in total. The molecule has 0 aliphatic carbocycles. The fourth-order valence-electron chi connectivity index (χ4n) is 3.50. The van der Waals surface area contributed by atoms with E-state index in [0.29, 0.717) is 0 Å². The molecule has 0 aromatic heterocycles. The molecule has 4 aromatic carbocycles. The van der Waals surface area contributed by atoms with E-state index in [1.807, 2.05) is 0 Å². The molecule has 0 radical (unpaired) electrons. The number of rotatable bonds is 3. The first kappa shape index (κ1) is 17.3. The monoisotopic (exact) mass is 348 g/mol. The maximum Gasteiger partial charge on any atom is -0.0154 e. The second kappa shape index (κ2) is 7.25. The molecule has 0 saturated heterocycles. The summed E-state index contributed by atoms with van der Waals surface area (Å²) in [4.78, 5) is 0. The highest BCUT2D eigenvalue weighted by Crippen LogP contribution is 2.30. The van der Waals surface area contributed by atoms with Crippen LogP contribution < -0.4 is 0 Å². The van der Waals surface area contributed by atoms with Crippen molar-refractivity contribution < 1.29 is 0 Å². The molecule has 0 saturated carbocycles. The maximum absolute atomic E-state index is 2.29. The number of aryl methyl sites for hydroxylation is 3. The topological polar surface area (TPSA) is 0 Å². The summed E-state index contributed by atoms with van der Waals surface area (Å²) in [5, 5.41) is 0. The highest BCUT2D eigenvalue weighted by atomic mass is 14.1. The fraction of sp³-hybridized carbons (Fsp3) is 0.111. The van der Waals surface area contributed by atoms with Crippen LogP contribution in [0.25, 0.3) is 33.4 Å². The van der Waals surface area contributed by atoms with Gasteiger partial charge in [-0.05, 0) is 59.7 Å². The molecular formula is C27H24. The zero-order chi connectivity index (χ0) is 18.8. The van der Waals surface area contributed by atoms with Gasteiger partial charge in [-0.2, -0.15) is 0 Å². The quantitative estimate of drug-likeness (QED) is 0.357. The third-order valence-electron chi connectivity index (χ3n) is 5.19. The Kier molecular flexibility index (Phi) is 4.64. The molecule has 0 aliphatic heterocycles. The lowest BCUT2D eigenvalue weighted by Crippen LogP contribution is -1.86. The van der Waals surface area contributed by atoms with Crippen LogP contribution >= 0.6 is 0 Å². The van der Waals surface area contributed by atoms with Gasteiger partial charge in [0.05, 0.1) is 0 Å². The van der Waals surface area contributed by atoms with Crippen molar-refractivity contribution in [1.82, 2.24) is 0 Å². The number of hydrogen-bond donors (Lipinski definition) is 0. The van der Waals surface area contributed by atoms with Crippen molar-refractivity contribution in [3.05, 3.63) is 108 Å². The smallest absolute Gasteiger partial charge is 0.0154 e. The summed E-state index contributed by atoms with van der Waals surface area (Å²) in [6.07, 6.45) is 0. The van der Waals surface area contributed by atoms with Crippen molar-refractivity contribution >= 4 is 0 Å². The molecule has 0 fully saturated rings. The van der Waals surface area contributed by atoms with Gasteiger partial charge >= 0.3 is 0 Å². The lowest BCUT2D eigenvalue weighted by atomic mass is 9.94. The van der Waals surface area contributed by atoms with Crippen molar-refractivity contribution in [1.29, 1.82) is 0 Å². The van der Waals surface area contributed by atoms with Gasteiger partial charge in [-0.25, -0.2) is 0 Å². The van der Waals surface area contributed by atoms with Crippen molar-refractivity contribution in [2.75, 3.05) is 0 Å². The highest BCUT2D eigenvalue weighted by molar-refractivity contribution is 5.75. The average Bonchev–Trinajstić information content (AvgIpc) is 2.69. The van der Waals surface area contributed by atoms with E-state index in [9.17, 15) is 0 Å². The first-order chi connectivity index (χ1) is 13.1. The first-order valence-corrected chi connectivity index (χ1v) is 9.45. The van der Waals surface area contributed by atoms with Crippen LogP contribution in [0.5, 0.6) is 0 Å². The minimum atomic E-state index is 1.25. The summed E-state index contributed by atoms with van der Waals surface area (Å²) in [7, 11) is 0. The van der Waals surface area contributed by atoms with E-state index in [0.717, 1.165) is 0 Å². The molecule has 0 heterocycles. The van der Waals surface area contributed by atoms with E-state index in [-0.39, 0.29) is 0 Å². The summed E-state index contributed by atoms with van der Waals surface area (Å²) in [5.41, 5.74) is 11.5. The van der Waals surface area contributed by atoms with E-state index in [2.05, 4.69) is 112 Å². The average molecular weight is 348 g/mol. The van der Waals surface area contributed by atoms with Crippen LogP contribution in [-0.4, -0.2) is 0 Å². The van der Waals surface area contributed by atoms with Gasteiger partial charge in [-0.3, -0.25) is 0 Å². The number of hydrogen-bond acceptors (Lipinski definition) is 0. The van der Waals surface area contributed by atoms with Crippen LogP contribution in [0.3, 0.4) is 0 Å². The molecule has 0 aliphatic rings. The van der Waals surface area contributed by atoms with Crippen LogP contribution in [0.1, 0.15) is 16.7 Å². The van der Waals surface area contributed by atoms with Gasteiger partial charge in [0, 0.05) is 0 Å². The van der Waals surface area contributed by atoms with Crippen LogP contribution in [-0.2, 0) is 0 Å². The summed E-state index contributed by atoms with van der Waals surface area (Å²) in [6, 6.07) is 33.1. The van der Waals surface area contributed by atoms with Gasteiger partial charge in [0.15, 0.2) is 0 Å². The maximum atomic E-state index is 2.29. The van der Waals surface area contributed by atoms with Crippen molar-refractivity contribution in [3.8, 4) is 33.4 Å². The third kappa shape index (κ3) is 3.71. The molecule has 4 aromatic rings. The van der Waals surface area contributed by atoms with E-state index in [1.54, 1.807) is 0 Å². The summed E-state index contributed by atoms with van der Waals surface area (Å²) in [6.45, 7) is 6.44. The molecular weight excluding hydrogens is 324 g/mol. The predicted octanol–water partition coefficient (Wildman–Crippen LogP) is 7.61. The molecule has 0 nitrogen and oxygen atoms in total. The predicted molar refractivity (Wildman–Crippen MR) is 117 cm³/mol. The Morgan fingerprint density at radius 2 is 0.741 bits per heavy atom. The Bertz CT molecular complexity index is 1050. The molecule has 132 valence electrons. The molecule has 27 heavy (non-hydrogen) atoms. The summed E-state index contributed by atoms with van der Waals surface area (Å²) in [5.74, 6) is 0. The third-order valence-corrected chi connectivity index (χ3v) is 5.19. The normalized spacial score (nSPS) is 10.8. The molecule has 0 unspecified atom stereocenters. The van der Waals surface area contributed by atoms with Crippen LogP contribution in [0.4, 0.5) is 0 Å². The lowest BCUT2D eigenvalue weighted by Gasteiger charge is -2.10. The largest absolute Gasteiger partial charge is 0.0587 e. The second-order valence-electron chi connectivity index (χ2n) is 7.34. The summed E-state index contributed by atoms with van der Waals surface area (Å²) >= 11 is 0. The lowest BCUT2D eigenvalue weighted by molar-refractivity contribution is 1.43. The highest BCUT2D eigenvalue weighted by Gasteiger charge is 2.05. The van der Waals surface area contributed by atoms with Crippen LogP contribution in [0.15, 0.2) is 91.0 Å². The van der Waals surface area contributed by atoms with Crippen molar-refractivity contribution in [2.24, 2.45) is 0 Å². The molecule has 0 bridgehead atoms. The van der Waals surface area contributed by atoms with Crippen molar-refractivity contribution in [3.63, 3.8) is 0 Å². The minimum absolute atomic E-state index is 1.25. The SMILES string of the molecule is Cc1ccc(-c2ccc(-c3ccc(-c4ccc(C)cc4)c(C)c3)cc2)cc1. The Morgan fingerprint density at radius 1 is 0.370 bits per heavy atom. The van der Waals surface area contributed by atoms with Gasteiger partial charge in [0.2, 0.25) is 0 Å². The zero-order valence-corrected chi connectivity index (χ0v) is 16.2. The van der Waals surface area contributed by atoms with Crippen LogP contribution in [0.2, 0.25) is 0 Å². The fourth-order valence-corrected chi connectivity index (χ4v) is 3.50. The Morgan fingerprint density at radius 3 is 1.22 bits per heavy atom. The van der Waals surface area contributed by atoms with E-state index >= 15 is 0 Å². The van der Waals surface area contributed by atoms with Gasteiger partial charge in [0.25, 0.3) is 0 Å².